The number of amides is 3. The third-order valence-corrected chi connectivity index (χ3v) is 5.57. The van der Waals surface area contributed by atoms with Crippen LogP contribution in [0, 0.1) is 11.6 Å². The molecule has 0 spiro atoms. The number of thioether (sulfide) groups is 1. The summed E-state index contributed by atoms with van der Waals surface area (Å²) in [6.07, 6.45) is 1.40. The van der Waals surface area contributed by atoms with Crippen LogP contribution in [0.1, 0.15) is 5.76 Å². The highest BCUT2D eigenvalue weighted by Gasteiger charge is 2.36. The summed E-state index contributed by atoms with van der Waals surface area (Å²) in [5, 5.41) is 2.14. The molecule has 10 heteroatoms. The van der Waals surface area contributed by atoms with Gasteiger partial charge in [-0.15, -0.1) is 0 Å². The molecule has 1 aliphatic rings. The number of halogens is 3. The number of hydrogen-bond acceptors (Lipinski definition) is 5. The van der Waals surface area contributed by atoms with Gasteiger partial charge in [0.05, 0.1) is 10.6 Å². The van der Waals surface area contributed by atoms with Crippen LogP contribution >= 0.6 is 23.4 Å². The number of rotatable bonds is 5. The van der Waals surface area contributed by atoms with Crippen LogP contribution in [0.15, 0.2) is 63.9 Å². The molecular formula is C22H13ClF2N2O4S. The van der Waals surface area contributed by atoms with E-state index in [2.05, 4.69) is 5.32 Å². The van der Waals surface area contributed by atoms with E-state index < -0.39 is 35.2 Å². The fourth-order valence-electron chi connectivity index (χ4n) is 2.89. The molecule has 0 unspecified atom stereocenters. The summed E-state index contributed by atoms with van der Waals surface area (Å²) in [5.74, 6) is -2.36. The van der Waals surface area contributed by atoms with Crippen molar-refractivity contribution in [1.29, 1.82) is 0 Å². The maximum atomic E-state index is 13.7. The Hall–Kier alpha value is -3.43. The van der Waals surface area contributed by atoms with E-state index in [1.807, 2.05) is 0 Å². The van der Waals surface area contributed by atoms with Crippen LogP contribution in [0.25, 0.3) is 17.4 Å². The average Bonchev–Trinajstić information content (AvgIpc) is 3.31. The Morgan fingerprint density at radius 2 is 1.84 bits per heavy atom. The minimum atomic E-state index is -0.971. The van der Waals surface area contributed by atoms with Crippen LogP contribution in [0.2, 0.25) is 5.02 Å². The van der Waals surface area contributed by atoms with E-state index in [0.29, 0.717) is 34.4 Å². The largest absolute Gasteiger partial charge is 0.457 e. The molecule has 4 rings (SSSR count). The zero-order valence-corrected chi connectivity index (χ0v) is 17.7. The maximum absolute atomic E-state index is 13.7. The third-order valence-electron chi connectivity index (χ3n) is 4.41. The first-order chi connectivity index (χ1) is 15.3. The Kier molecular flexibility index (Phi) is 6.11. The van der Waals surface area contributed by atoms with Gasteiger partial charge in [0.25, 0.3) is 11.1 Å². The Labute approximate surface area is 189 Å². The van der Waals surface area contributed by atoms with E-state index in [9.17, 15) is 23.2 Å². The van der Waals surface area contributed by atoms with Gasteiger partial charge in [-0.05, 0) is 60.3 Å². The molecule has 0 atom stereocenters. The number of furan rings is 1. The summed E-state index contributed by atoms with van der Waals surface area (Å²) in [7, 11) is 0. The molecule has 0 bridgehead atoms. The lowest BCUT2D eigenvalue weighted by Crippen LogP contribution is -2.36. The molecule has 3 aromatic rings. The number of hydrogen-bond donors (Lipinski definition) is 1. The van der Waals surface area contributed by atoms with Crippen molar-refractivity contribution in [3.8, 4) is 11.3 Å². The van der Waals surface area contributed by atoms with E-state index in [0.717, 1.165) is 22.6 Å². The second kappa shape index (κ2) is 8.97. The molecule has 0 radical (unpaired) electrons. The highest BCUT2D eigenvalue weighted by molar-refractivity contribution is 8.18. The highest BCUT2D eigenvalue weighted by Crippen LogP contribution is 2.33. The van der Waals surface area contributed by atoms with Crippen molar-refractivity contribution in [3.05, 3.63) is 81.9 Å². The lowest BCUT2D eigenvalue weighted by Gasteiger charge is -2.12. The van der Waals surface area contributed by atoms with Crippen molar-refractivity contribution in [2.45, 2.75) is 0 Å². The van der Waals surface area contributed by atoms with Crippen LogP contribution in [0.4, 0.5) is 19.3 Å². The van der Waals surface area contributed by atoms with Crippen molar-refractivity contribution < 1.29 is 27.6 Å². The van der Waals surface area contributed by atoms with Crippen LogP contribution in [0.3, 0.4) is 0 Å². The van der Waals surface area contributed by atoms with Crippen molar-refractivity contribution >= 4 is 52.2 Å². The molecule has 1 fully saturated rings. The number of anilines is 1. The zero-order valence-electron chi connectivity index (χ0n) is 16.1. The molecule has 32 heavy (non-hydrogen) atoms. The van der Waals surface area contributed by atoms with Gasteiger partial charge in [-0.1, -0.05) is 11.6 Å². The lowest BCUT2D eigenvalue weighted by atomic mass is 10.2. The van der Waals surface area contributed by atoms with Crippen LogP contribution in [-0.4, -0.2) is 28.5 Å². The Bertz CT molecular complexity index is 1260. The van der Waals surface area contributed by atoms with Gasteiger partial charge in [-0.2, -0.15) is 0 Å². The van der Waals surface area contributed by atoms with Crippen molar-refractivity contribution in [2.24, 2.45) is 0 Å². The van der Waals surface area contributed by atoms with Gasteiger partial charge in [0.1, 0.15) is 29.7 Å². The van der Waals surface area contributed by atoms with E-state index in [1.165, 1.54) is 6.08 Å². The summed E-state index contributed by atoms with van der Waals surface area (Å²) in [6.45, 7) is -0.618. The second-order valence-electron chi connectivity index (χ2n) is 6.65. The van der Waals surface area contributed by atoms with Gasteiger partial charge in [0.15, 0.2) is 0 Å². The molecule has 6 nitrogen and oxygen atoms in total. The number of imide groups is 1. The monoisotopic (exact) mass is 474 g/mol. The number of carbonyl (C=O) groups excluding carboxylic acids is 3. The predicted molar refractivity (Wildman–Crippen MR) is 117 cm³/mol. The van der Waals surface area contributed by atoms with E-state index >= 15 is 0 Å². The minimum Gasteiger partial charge on any atom is -0.457 e. The van der Waals surface area contributed by atoms with E-state index in [1.54, 1.807) is 36.4 Å². The summed E-state index contributed by atoms with van der Waals surface area (Å²) in [4.78, 5) is 37.8. The van der Waals surface area contributed by atoms with Gasteiger partial charge in [-0.3, -0.25) is 19.3 Å². The highest BCUT2D eigenvalue weighted by atomic mass is 35.5. The first-order valence-corrected chi connectivity index (χ1v) is 10.4. The van der Waals surface area contributed by atoms with Crippen molar-refractivity contribution in [2.75, 3.05) is 11.9 Å². The van der Waals surface area contributed by atoms with Gasteiger partial charge >= 0.3 is 0 Å². The van der Waals surface area contributed by atoms with Gasteiger partial charge < -0.3 is 9.73 Å². The smallest absolute Gasteiger partial charge is 0.294 e. The molecule has 2 heterocycles. The minimum absolute atomic E-state index is 0.0766. The summed E-state index contributed by atoms with van der Waals surface area (Å²) in [5.41, 5.74) is 0.524. The first kappa shape index (κ1) is 21.8. The van der Waals surface area contributed by atoms with Gasteiger partial charge in [0, 0.05) is 22.7 Å². The molecule has 0 aliphatic carbocycles. The van der Waals surface area contributed by atoms with Crippen LogP contribution < -0.4 is 5.32 Å². The zero-order chi connectivity index (χ0) is 22.8. The predicted octanol–water partition coefficient (Wildman–Crippen LogP) is 5.55. The van der Waals surface area contributed by atoms with Gasteiger partial charge in [0.2, 0.25) is 5.91 Å². The standard InChI is InChI=1S/C22H13ClF2N2O4S/c23-13-3-1-12(2-4-13)18-8-6-15(31-18)10-19-21(29)27(22(30)32-19)11-20(28)26-17-7-5-14(24)9-16(17)25/h1-10H,11H2,(H,26,28). The first-order valence-electron chi connectivity index (χ1n) is 9.16. The number of carbonyl (C=O) groups is 3. The molecule has 1 N–H and O–H groups in total. The Balaban J connectivity index is 1.45. The van der Waals surface area contributed by atoms with Crippen molar-refractivity contribution in [3.63, 3.8) is 0 Å². The average molecular weight is 475 g/mol. The number of nitrogens with zero attached hydrogens (tertiary/aromatic N) is 1. The number of benzene rings is 2. The van der Waals surface area contributed by atoms with Crippen molar-refractivity contribution in [1.82, 2.24) is 4.90 Å². The fourth-order valence-corrected chi connectivity index (χ4v) is 3.83. The van der Waals surface area contributed by atoms with E-state index in [4.69, 9.17) is 16.0 Å². The summed E-state index contributed by atoms with van der Waals surface area (Å²) in [6, 6.07) is 13.0. The Morgan fingerprint density at radius 1 is 1.09 bits per heavy atom. The Morgan fingerprint density at radius 3 is 2.56 bits per heavy atom. The third kappa shape index (κ3) is 4.74. The summed E-state index contributed by atoms with van der Waals surface area (Å²) < 4.78 is 32.4. The topological polar surface area (TPSA) is 79.6 Å². The van der Waals surface area contributed by atoms with E-state index in [-0.39, 0.29) is 10.6 Å². The fraction of sp³-hybridized carbons (Fsp3) is 0.0455. The van der Waals surface area contributed by atoms with Crippen LogP contribution in [0.5, 0.6) is 0 Å². The summed E-state index contributed by atoms with van der Waals surface area (Å²) >= 11 is 6.53. The normalized spacial score (nSPS) is 15.0. The molecule has 1 aliphatic heterocycles. The van der Waals surface area contributed by atoms with Gasteiger partial charge in [-0.25, -0.2) is 8.78 Å². The number of nitrogens with one attached hydrogen (secondary N) is 1. The molecule has 0 saturated carbocycles. The molecule has 3 amide bonds. The molecular weight excluding hydrogens is 462 g/mol. The SMILES string of the molecule is O=C(CN1C(=O)SC(=Cc2ccc(-c3ccc(Cl)cc3)o2)C1=O)Nc1ccc(F)cc1F. The second-order valence-corrected chi connectivity index (χ2v) is 8.08. The quantitative estimate of drug-likeness (QED) is 0.490. The molecule has 2 aromatic carbocycles. The lowest BCUT2D eigenvalue weighted by molar-refractivity contribution is -0.127. The molecule has 162 valence electrons. The molecule has 1 aromatic heterocycles. The molecule has 1 saturated heterocycles. The van der Waals surface area contributed by atoms with Crippen LogP contribution in [-0.2, 0) is 9.59 Å². The maximum Gasteiger partial charge on any atom is 0.294 e.